The minimum absolute atomic E-state index is 0.271. The third-order valence-electron chi connectivity index (χ3n) is 1.96. The lowest BCUT2D eigenvalue weighted by atomic mass is 10.0. The zero-order valence-electron chi connectivity index (χ0n) is 8.21. The molecule has 6 heteroatoms. The molecule has 0 spiro atoms. The smallest absolute Gasteiger partial charge is 0.248 e. The van der Waals surface area contributed by atoms with Crippen LogP contribution in [0.3, 0.4) is 0 Å². The highest BCUT2D eigenvalue weighted by atomic mass is 16.1. The number of azide groups is 1. The number of amides is 1. The van der Waals surface area contributed by atoms with Crippen molar-refractivity contribution < 1.29 is 4.79 Å². The number of benzene rings is 1. The van der Waals surface area contributed by atoms with Crippen molar-refractivity contribution in [2.75, 3.05) is 0 Å². The predicted octanol–water partition coefficient (Wildman–Crippen LogP) is 1.75. The molecule has 1 atom stereocenters. The van der Waals surface area contributed by atoms with Crippen molar-refractivity contribution in [3.63, 3.8) is 0 Å². The first-order valence-corrected chi connectivity index (χ1v) is 4.30. The lowest BCUT2D eigenvalue weighted by Gasteiger charge is -2.09. The summed E-state index contributed by atoms with van der Waals surface area (Å²) in [6.45, 7) is 1.76. The normalized spacial score (nSPS) is 11.6. The summed E-state index contributed by atoms with van der Waals surface area (Å²) in [5.41, 5.74) is 20.4. The molecule has 0 aliphatic carbocycles. The van der Waals surface area contributed by atoms with E-state index in [0.717, 1.165) is 0 Å². The Hall–Kier alpha value is -2.04. The van der Waals surface area contributed by atoms with E-state index in [-0.39, 0.29) is 6.04 Å². The van der Waals surface area contributed by atoms with Crippen molar-refractivity contribution >= 4 is 11.6 Å². The van der Waals surface area contributed by atoms with E-state index in [1.165, 1.54) is 6.07 Å². The summed E-state index contributed by atoms with van der Waals surface area (Å²) in [4.78, 5) is 13.6. The van der Waals surface area contributed by atoms with Gasteiger partial charge in [-0.25, -0.2) is 0 Å². The van der Waals surface area contributed by atoms with Crippen molar-refractivity contribution in [2.45, 2.75) is 13.0 Å². The van der Waals surface area contributed by atoms with Crippen LogP contribution in [0.1, 0.15) is 28.9 Å². The number of primary amides is 1. The fourth-order valence-corrected chi connectivity index (χ4v) is 1.22. The highest BCUT2D eigenvalue weighted by Crippen LogP contribution is 2.25. The fourth-order valence-electron chi connectivity index (χ4n) is 1.22. The first-order valence-electron chi connectivity index (χ1n) is 4.30. The van der Waals surface area contributed by atoms with Crippen molar-refractivity contribution in [1.82, 2.24) is 0 Å². The van der Waals surface area contributed by atoms with Crippen LogP contribution in [-0.2, 0) is 0 Å². The van der Waals surface area contributed by atoms with Gasteiger partial charge in [0.25, 0.3) is 0 Å². The Morgan fingerprint density at radius 2 is 2.27 bits per heavy atom. The van der Waals surface area contributed by atoms with E-state index in [2.05, 4.69) is 10.0 Å². The van der Waals surface area contributed by atoms with Crippen LogP contribution < -0.4 is 11.5 Å². The van der Waals surface area contributed by atoms with E-state index in [1.54, 1.807) is 19.1 Å². The number of nitrogens with zero attached hydrogens (tertiary/aromatic N) is 3. The minimum atomic E-state index is -0.569. The molecule has 0 aromatic heterocycles. The first kappa shape index (κ1) is 11.0. The largest absolute Gasteiger partial charge is 0.366 e. The molecule has 1 rings (SSSR count). The van der Waals surface area contributed by atoms with Crippen LogP contribution in [-0.4, -0.2) is 5.91 Å². The molecule has 1 aromatic rings. The molecule has 0 radical (unpaired) electrons. The maximum Gasteiger partial charge on any atom is 0.248 e. The molecule has 1 amide bonds. The van der Waals surface area contributed by atoms with Crippen LogP contribution in [0.15, 0.2) is 23.3 Å². The van der Waals surface area contributed by atoms with Crippen LogP contribution >= 0.6 is 0 Å². The second-order valence-corrected chi connectivity index (χ2v) is 3.12. The van der Waals surface area contributed by atoms with Crippen molar-refractivity contribution in [3.05, 3.63) is 39.8 Å². The summed E-state index contributed by atoms with van der Waals surface area (Å²) in [7, 11) is 0. The van der Waals surface area contributed by atoms with Crippen molar-refractivity contribution in [3.8, 4) is 0 Å². The second-order valence-electron chi connectivity index (χ2n) is 3.12. The Balaban J connectivity index is 3.32. The molecule has 4 N–H and O–H groups in total. The standard InChI is InChI=1S/C9H11N5O/c1-5(10)7-3-2-6(9(11)15)4-8(7)13-14-12/h2-5H,10H2,1H3,(H2,11,15). The number of hydrogen-bond donors (Lipinski definition) is 2. The number of carbonyl (C=O) groups is 1. The molecule has 78 valence electrons. The van der Waals surface area contributed by atoms with E-state index in [9.17, 15) is 4.79 Å². The summed E-state index contributed by atoms with van der Waals surface area (Å²) in [6.07, 6.45) is 0. The van der Waals surface area contributed by atoms with E-state index >= 15 is 0 Å². The van der Waals surface area contributed by atoms with Gasteiger partial charge in [0.1, 0.15) is 0 Å². The summed E-state index contributed by atoms with van der Waals surface area (Å²) >= 11 is 0. The Bertz CT molecular complexity index is 434. The molecule has 15 heavy (non-hydrogen) atoms. The summed E-state index contributed by atoms with van der Waals surface area (Å²) < 4.78 is 0. The van der Waals surface area contributed by atoms with Gasteiger partial charge in [0, 0.05) is 22.2 Å². The van der Waals surface area contributed by atoms with Gasteiger partial charge in [-0.3, -0.25) is 4.79 Å². The molecule has 0 aliphatic rings. The van der Waals surface area contributed by atoms with Crippen LogP contribution in [0.4, 0.5) is 5.69 Å². The number of rotatable bonds is 3. The quantitative estimate of drug-likeness (QED) is 0.444. The van der Waals surface area contributed by atoms with Gasteiger partial charge < -0.3 is 11.5 Å². The van der Waals surface area contributed by atoms with E-state index in [4.69, 9.17) is 17.0 Å². The van der Waals surface area contributed by atoms with Gasteiger partial charge >= 0.3 is 0 Å². The van der Waals surface area contributed by atoms with Gasteiger partial charge in [0.05, 0.1) is 0 Å². The van der Waals surface area contributed by atoms with Crippen molar-refractivity contribution in [1.29, 1.82) is 0 Å². The second kappa shape index (κ2) is 4.45. The number of carbonyl (C=O) groups excluding carboxylic acids is 1. The van der Waals surface area contributed by atoms with E-state index in [0.29, 0.717) is 16.8 Å². The summed E-state index contributed by atoms with van der Waals surface area (Å²) in [6, 6.07) is 4.35. The predicted molar refractivity (Wildman–Crippen MR) is 56.4 cm³/mol. The maximum atomic E-state index is 10.9. The van der Waals surface area contributed by atoms with E-state index in [1.807, 2.05) is 0 Å². The molecular formula is C9H11N5O. The lowest BCUT2D eigenvalue weighted by molar-refractivity contribution is 0.100. The zero-order chi connectivity index (χ0) is 11.4. The number of hydrogen-bond acceptors (Lipinski definition) is 3. The summed E-state index contributed by atoms with van der Waals surface area (Å²) in [5.74, 6) is -0.569. The molecule has 1 aromatic carbocycles. The van der Waals surface area contributed by atoms with Gasteiger partial charge in [-0.15, -0.1) is 0 Å². The number of nitrogens with two attached hydrogens (primary N) is 2. The molecule has 0 fully saturated rings. The first-order chi connectivity index (χ1) is 7.06. The fraction of sp³-hybridized carbons (Fsp3) is 0.222. The SMILES string of the molecule is CC(N)c1ccc(C(N)=O)cc1N=[N+]=[N-]. The van der Waals surface area contributed by atoms with Crippen LogP contribution in [0.2, 0.25) is 0 Å². The molecule has 0 saturated carbocycles. The minimum Gasteiger partial charge on any atom is -0.366 e. The third kappa shape index (κ3) is 2.46. The lowest BCUT2D eigenvalue weighted by Crippen LogP contribution is -2.12. The maximum absolute atomic E-state index is 10.9. The van der Waals surface area contributed by atoms with Gasteiger partial charge in [-0.2, -0.15) is 0 Å². The molecule has 6 nitrogen and oxygen atoms in total. The van der Waals surface area contributed by atoms with Gasteiger partial charge in [0.2, 0.25) is 5.91 Å². The molecule has 1 unspecified atom stereocenters. The van der Waals surface area contributed by atoms with Gasteiger partial charge in [0.15, 0.2) is 0 Å². The average Bonchev–Trinajstić information content (AvgIpc) is 2.17. The van der Waals surface area contributed by atoms with Crippen LogP contribution in [0.5, 0.6) is 0 Å². The van der Waals surface area contributed by atoms with E-state index < -0.39 is 5.91 Å². The highest BCUT2D eigenvalue weighted by molar-refractivity contribution is 5.93. The molecule has 0 saturated heterocycles. The Kier molecular flexibility index (Phi) is 3.28. The Labute approximate surface area is 86.5 Å². The third-order valence-corrected chi connectivity index (χ3v) is 1.96. The van der Waals surface area contributed by atoms with Crippen LogP contribution in [0.25, 0.3) is 10.4 Å². The molecule has 0 aliphatic heterocycles. The molecule has 0 heterocycles. The summed E-state index contributed by atoms with van der Waals surface area (Å²) in [5, 5.41) is 3.46. The average molecular weight is 205 g/mol. The highest BCUT2D eigenvalue weighted by Gasteiger charge is 2.08. The van der Waals surface area contributed by atoms with Crippen LogP contribution in [0, 0.1) is 0 Å². The Morgan fingerprint density at radius 3 is 2.73 bits per heavy atom. The monoisotopic (exact) mass is 205 g/mol. The topological polar surface area (TPSA) is 118 Å². The Morgan fingerprint density at radius 1 is 1.60 bits per heavy atom. The molecular weight excluding hydrogens is 194 g/mol. The zero-order valence-corrected chi connectivity index (χ0v) is 8.21. The van der Waals surface area contributed by atoms with Crippen molar-refractivity contribution in [2.24, 2.45) is 16.6 Å². The van der Waals surface area contributed by atoms with Gasteiger partial charge in [-0.1, -0.05) is 11.2 Å². The van der Waals surface area contributed by atoms with Gasteiger partial charge in [-0.05, 0) is 30.2 Å². The molecule has 0 bridgehead atoms.